The van der Waals surface area contributed by atoms with Gasteiger partial charge in [-0.2, -0.15) is 10.1 Å². The zero-order chi connectivity index (χ0) is 25.4. The SMILES string of the molecule is COc1ccc(/C=N/c2nc3[nH]nc(C)n3c(=O)c2S(=O)(=O)NN2C(=O)CSC2c2cccs2)cc1. The summed E-state index contributed by atoms with van der Waals surface area (Å²) < 4.78 is 33.3. The molecule has 36 heavy (non-hydrogen) atoms. The van der Waals surface area contributed by atoms with Crippen LogP contribution in [0.1, 0.15) is 21.6 Å². The highest BCUT2D eigenvalue weighted by Crippen LogP contribution is 2.39. The number of thiophene rings is 1. The molecule has 3 aromatic heterocycles. The number of amides is 1. The van der Waals surface area contributed by atoms with Gasteiger partial charge in [-0.1, -0.05) is 6.07 Å². The first-order chi connectivity index (χ1) is 17.3. The summed E-state index contributed by atoms with van der Waals surface area (Å²) in [6, 6.07) is 10.5. The summed E-state index contributed by atoms with van der Waals surface area (Å²) in [5.74, 6) is 0.193. The van der Waals surface area contributed by atoms with Crippen molar-refractivity contribution in [1.82, 2.24) is 29.4 Å². The number of fused-ring (bicyclic) bond motifs is 1. The number of sulfonamides is 1. The van der Waals surface area contributed by atoms with Gasteiger partial charge in [0.05, 0.1) is 12.9 Å². The van der Waals surface area contributed by atoms with Crippen LogP contribution in [0.25, 0.3) is 5.78 Å². The van der Waals surface area contributed by atoms with Gasteiger partial charge in [0.15, 0.2) is 10.7 Å². The van der Waals surface area contributed by atoms with Crippen molar-refractivity contribution in [2.24, 2.45) is 4.99 Å². The number of hydrogen-bond donors (Lipinski definition) is 2. The van der Waals surface area contributed by atoms with Crippen molar-refractivity contribution in [3.63, 3.8) is 0 Å². The molecule has 1 aliphatic rings. The molecule has 1 saturated heterocycles. The third-order valence-corrected chi connectivity index (χ3v) is 8.86. The Balaban J connectivity index is 1.59. The normalized spacial score (nSPS) is 16.4. The zero-order valence-electron chi connectivity index (χ0n) is 18.9. The lowest BCUT2D eigenvalue weighted by molar-refractivity contribution is -0.129. The molecule has 186 valence electrons. The van der Waals surface area contributed by atoms with Gasteiger partial charge in [-0.25, -0.2) is 27.9 Å². The van der Waals surface area contributed by atoms with Crippen molar-refractivity contribution in [2.45, 2.75) is 17.2 Å². The van der Waals surface area contributed by atoms with E-state index >= 15 is 0 Å². The van der Waals surface area contributed by atoms with Crippen LogP contribution in [0, 0.1) is 6.92 Å². The second-order valence-corrected chi connectivity index (χ2v) is 11.2. The molecular weight excluding hydrogens is 526 g/mol. The van der Waals surface area contributed by atoms with Crippen LogP contribution in [0.2, 0.25) is 0 Å². The molecular formula is C21H19N7O5S3. The van der Waals surface area contributed by atoms with E-state index in [-0.39, 0.29) is 23.2 Å². The maximum atomic E-state index is 13.6. The molecule has 0 radical (unpaired) electrons. The minimum absolute atomic E-state index is 0.0302. The van der Waals surface area contributed by atoms with E-state index in [0.29, 0.717) is 11.3 Å². The standard InChI is InChI=1S/C21H19N7O5S3/c1-12-24-25-21-23-18(22-10-13-5-7-14(33-2)8-6-13)17(19(30)27(12)21)36(31,32)26-28-16(29)11-35-20(28)15-4-3-9-34-15/h3-10,20,26H,11H2,1-2H3,(H,23,25)/b22-10+. The molecule has 4 heterocycles. The van der Waals surface area contributed by atoms with Crippen molar-refractivity contribution in [1.29, 1.82) is 0 Å². The number of hydrogen-bond acceptors (Lipinski definition) is 10. The monoisotopic (exact) mass is 545 g/mol. The van der Waals surface area contributed by atoms with E-state index < -0.39 is 31.8 Å². The van der Waals surface area contributed by atoms with Gasteiger partial charge in [-0.3, -0.25) is 9.59 Å². The number of aromatic nitrogens is 4. The van der Waals surface area contributed by atoms with Crippen LogP contribution < -0.4 is 15.1 Å². The third-order valence-electron chi connectivity index (χ3n) is 5.26. The van der Waals surface area contributed by atoms with E-state index in [2.05, 4.69) is 25.0 Å². The first kappa shape index (κ1) is 24.2. The van der Waals surface area contributed by atoms with E-state index in [1.54, 1.807) is 31.4 Å². The number of H-pyrrole nitrogens is 1. The average molecular weight is 546 g/mol. The summed E-state index contributed by atoms with van der Waals surface area (Å²) >= 11 is 2.68. The number of aromatic amines is 1. The number of aliphatic imine (C=N–C) groups is 1. The number of hydrazine groups is 1. The molecule has 1 atom stereocenters. The summed E-state index contributed by atoms with van der Waals surface area (Å²) in [7, 11) is -3.05. The summed E-state index contributed by atoms with van der Waals surface area (Å²) in [4.78, 5) is 36.8. The topological polar surface area (TPSA) is 151 Å². The third kappa shape index (κ3) is 4.41. The van der Waals surface area contributed by atoms with Crippen molar-refractivity contribution in [3.05, 3.63) is 68.4 Å². The molecule has 1 aliphatic heterocycles. The number of aryl methyl sites for hydroxylation is 1. The van der Waals surface area contributed by atoms with Gasteiger partial charge in [0.1, 0.15) is 16.9 Å². The Bertz CT molecular complexity index is 1630. The smallest absolute Gasteiger partial charge is 0.283 e. The largest absolute Gasteiger partial charge is 0.497 e. The molecule has 1 unspecified atom stereocenters. The number of thioether (sulfide) groups is 1. The molecule has 12 nitrogen and oxygen atoms in total. The van der Waals surface area contributed by atoms with Gasteiger partial charge in [0.25, 0.3) is 15.6 Å². The molecule has 1 amide bonds. The lowest BCUT2D eigenvalue weighted by atomic mass is 10.2. The van der Waals surface area contributed by atoms with Crippen molar-refractivity contribution >= 4 is 56.8 Å². The molecule has 1 aromatic carbocycles. The summed E-state index contributed by atoms with van der Waals surface area (Å²) in [5, 5.41) is 8.85. The number of nitrogens with zero attached hydrogens (tertiary/aromatic N) is 5. The fourth-order valence-corrected chi connectivity index (χ4v) is 6.89. The Morgan fingerprint density at radius 1 is 1.25 bits per heavy atom. The maximum Gasteiger partial charge on any atom is 0.283 e. The predicted octanol–water partition coefficient (Wildman–Crippen LogP) is 2.01. The Morgan fingerprint density at radius 2 is 2.03 bits per heavy atom. The Hall–Kier alpha value is -3.53. The molecule has 0 spiro atoms. The summed E-state index contributed by atoms with van der Waals surface area (Å²) in [6.45, 7) is 1.53. The van der Waals surface area contributed by atoms with Gasteiger partial charge in [-0.05, 0) is 48.2 Å². The van der Waals surface area contributed by atoms with Crippen LogP contribution in [0.4, 0.5) is 5.82 Å². The number of benzene rings is 1. The zero-order valence-corrected chi connectivity index (χ0v) is 21.4. The lowest BCUT2D eigenvalue weighted by Gasteiger charge is -2.23. The summed E-state index contributed by atoms with van der Waals surface area (Å²) in [5.41, 5.74) is -0.272. The number of carbonyl (C=O) groups is 1. The molecule has 0 aliphatic carbocycles. The number of rotatable bonds is 7. The Kier molecular flexibility index (Phi) is 6.38. The molecule has 0 bridgehead atoms. The minimum Gasteiger partial charge on any atom is -0.497 e. The van der Waals surface area contributed by atoms with Crippen LogP contribution in [-0.2, 0) is 14.8 Å². The number of nitrogens with one attached hydrogen (secondary N) is 2. The molecule has 0 saturated carbocycles. The van der Waals surface area contributed by atoms with Crippen LogP contribution in [0.3, 0.4) is 0 Å². The van der Waals surface area contributed by atoms with E-state index in [1.165, 1.54) is 36.2 Å². The number of carbonyl (C=O) groups excluding carboxylic acids is 1. The number of ether oxygens (including phenoxy) is 1. The fraction of sp³-hybridized carbons (Fsp3) is 0.190. The lowest BCUT2D eigenvalue weighted by Crippen LogP contribution is -2.46. The molecule has 5 rings (SSSR count). The first-order valence-electron chi connectivity index (χ1n) is 10.4. The van der Waals surface area contributed by atoms with E-state index in [4.69, 9.17) is 4.74 Å². The van der Waals surface area contributed by atoms with Gasteiger partial charge < -0.3 is 4.74 Å². The highest BCUT2D eigenvalue weighted by atomic mass is 32.2. The van der Waals surface area contributed by atoms with E-state index in [9.17, 15) is 18.0 Å². The van der Waals surface area contributed by atoms with Crippen LogP contribution in [-0.4, -0.2) is 58.0 Å². The average Bonchev–Trinajstić information content (AvgIpc) is 3.59. The molecule has 1 fully saturated rings. The quantitative estimate of drug-likeness (QED) is 0.335. The second kappa shape index (κ2) is 9.50. The fourth-order valence-electron chi connectivity index (χ4n) is 3.54. The van der Waals surface area contributed by atoms with Crippen molar-refractivity contribution in [2.75, 3.05) is 12.9 Å². The highest BCUT2D eigenvalue weighted by molar-refractivity contribution is 8.00. The van der Waals surface area contributed by atoms with Gasteiger partial charge in [0.2, 0.25) is 11.7 Å². The predicted molar refractivity (Wildman–Crippen MR) is 135 cm³/mol. The Morgan fingerprint density at radius 3 is 2.72 bits per heavy atom. The van der Waals surface area contributed by atoms with E-state index in [0.717, 1.165) is 14.3 Å². The minimum atomic E-state index is -4.59. The molecule has 15 heteroatoms. The highest BCUT2D eigenvalue weighted by Gasteiger charge is 2.38. The van der Waals surface area contributed by atoms with Crippen molar-refractivity contribution in [3.8, 4) is 5.75 Å². The molecule has 4 aromatic rings. The van der Waals surface area contributed by atoms with E-state index in [1.807, 2.05) is 17.5 Å². The maximum absolute atomic E-state index is 13.6. The first-order valence-corrected chi connectivity index (χ1v) is 13.8. The summed E-state index contributed by atoms with van der Waals surface area (Å²) in [6.07, 6.45) is 1.38. The second-order valence-electron chi connectivity index (χ2n) is 7.57. The van der Waals surface area contributed by atoms with Gasteiger partial charge in [0, 0.05) is 11.1 Å². The van der Waals surface area contributed by atoms with Crippen LogP contribution >= 0.6 is 23.1 Å². The van der Waals surface area contributed by atoms with Gasteiger partial charge >= 0.3 is 0 Å². The number of methoxy groups -OCH3 is 1. The Labute approximate surface area is 213 Å². The van der Waals surface area contributed by atoms with Crippen LogP contribution in [0.15, 0.2) is 56.5 Å². The van der Waals surface area contributed by atoms with Crippen LogP contribution in [0.5, 0.6) is 5.75 Å². The van der Waals surface area contributed by atoms with Crippen molar-refractivity contribution < 1.29 is 17.9 Å². The molecule has 2 N–H and O–H groups in total. The van der Waals surface area contributed by atoms with Gasteiger partial charge in [-0.15, -0.1) is 27.9 Å².